The van der Waals surface area contributed by atoms with E-state index in [1.165, 1.54) is 0 Å². The van der Waals surface area contributed by atoms with Crippen LogP contribution in [-0.2, 0) is 0 Å². The van der Waals surface area contributed by atoms with Crippen LogP contribution in [0.5, 0.6) is 0 Å². The second-order valence-electron chi connectivity index (χ2n) is 2.79. The highest BCUT2D eigenvalue weighted by molar-refractivity contribution is 5.47. The Labute approximate surface area is 70.1 Å². The van der Waals surface area contributed by atoms with Gasteiger partial charge in [0.1, 0.15) is 0 Å². The minimum Gasteiger partial charge on any atom is -0.282 e. The van der Waals surface area contributed by atoms with Crippen LogP contribution in [0.4, 0.5) is 0 Å². The van der Waals surface area contributed by atoms with Crippen molar-refractivity contribution in [3.05, 3.63) is 52.4 Å². The monoisotopic (exact) mass is 159 g/mol. The first-order chi connectivity index (χ1) is 5.79. The van der Waals surface area contributed by atoms with Gasteiger partial charge in [-0.15, -0.1) is 0 Å². The van der Waals surface area contributed by atoms with Crippen LogP contribution in [-0.4, -0.2) is 4.40 Å². The first-order valence-electron chi connectivity index (χ1n) is 3.86. The zero-order chi connectivity index (χ0) is 8.55. The van der Waals surface area contributed by atoms with Crippen molar-refractivity contribution in [2.24, 2.45) is 0 Å². The molecule has 0 saturated heterocycles. The Bertz CT molecular complexity index is 465. The summed E-state index contributed by atoms with van der Waals surface area (Å²) in [5, 5.41) is 0. The molecule has 0 saturated carbocycles. The molecule has 0 aromatic carbocycles. The van der Waals surface area contributed by atoms with Gasteiger partial charge in [-0.2, -0.15) is 0 Å². The molecule has 0 radical (unpaired) electrons. The maximum Gasteiger partial charge on any atom is 0.255 e. The molecule has 0 atom stereocenters. The lowest BCUT2D eigenvalue weighted by atomic mass is 10.3. The van der Waals surface area contributed by atoms with Crippen molar-refractivity contribution >= 4 is 5.52 Å². The van der Waals surface area contributed by atoms with E-state index in [0.717, 1.165) is 11.2 Å². The number of nitrogens with zero attached hydrogens (tertiary/aromatic N) is 1. The third kappa shape index (κ3) is 0.925. The Morgan fingerprint density at radius 3 is 2.42 bits per heavy atom. The lowest BCUT2D eigenvalue weighted by Gasteiger charge is -2.02. The minimum atomic E-state index is 0.0330. The first kappa shape index (κ1) is 7.10. The van der Waals surface area contributed by atoms with Crippen LogP contribution in [0, 0.1) is 6.92 Å². The van der Waals surface area contributed by atoms with Crippen molar-refractivity contribution in [2.45, 2.75) is 6.92 Å². The number of pyridine rings is 2. The maximum absolute atomic E-state index is 11.4. The van der Waals surface area contributed by atoms with Crippen LogP contribution in [0.2, 0.25) is 0 Å². The van der Waals surface area contributed by atoms with E-state index in [1.54, 1.807) is 16.5 Å². The minimum absolute atomic E-state index is 0.0330. The predicted octanol–water partition coefficient (Wildman–Crippen LogP) is 1.61. The largest absolute Gasteiger partial charge is 0.282 e. The van der Waals surface area contributed by atoms with E-state index in [4.69, 9.17) is 0 Å². The molecule has 0 fully saturated rings. The molecule has 2 heterocycles. The molecular weight excluding hydrogens is 150 g/mol. The summed E-state index contributed by atoms with van der Waals surface area (Å²) in [7, 11) is 0. The lowest BCUT2D eigenvalue weighted by molar-refractivity contribution is 1.03. The number of aromatic nitrogens is 1. The number of fused-ring (bicyclic) bond motifs is 1. The summed E-state index contributed by atoms with van der Waals surface area (Å²) in [4.78, 5) is 11.4. The molecule has 12 heavy (non-hydrogen) atoms. The quantitative estimate of drug-likeness (QED) is 0.572. The van der Waals surface area contributed by atoms with Crippen LogP contribution in [0.3, 0.4) is 0 Å². The molecule has 0 bridgehead atoms. The van der Waals surface area contributed by atoms with E-state index in [1.807, 2.05) is 31.2 Å². The zero-order valence-electron chi connectivity index (χ0n) is 6.82. The highest BCUT2D eigenvalue weighted by Crippen LogP contribution is 2.02. The molecule has 2 rings (SSSR count). The van der Waals surface area contributed by atoms with Gasteiger partial charge in [0.15, 0.2) is 0 Å². The fourth-order valence-corrected chi connectivity index (χ4v) is 1.37. The highest BCUT2D eigenvalue weighted by atomic mass is 16.1. The molecule has 0 aliphatic rings. The van der Waals surface area contributed by atoms with Gasteiger partial charge in [0.25, 0.3) is 5.56 Å². The van der Waals surface area contributed by atoms with Crippen molar-refractivity contribution in [2.75, 3.05) is 0 Å². The van der Waals surface area contributed by atoms with Crippen molar-refractivity contribution in [3.8, 4) is 0 Å². The van der Waals surface area contributed by atoms with Gasteiger partial charge in [0, 0.05) is 17.3 Å². The molecule has 2 aromatic rings. The Kier molecular flexibility index (Phi) is 1.47. The molecule has 0 unspecified atom stereocenters. The average Bonchev–Trinajstić information content (AvgIpc) is 2.04. The van der Waals surface area contributed by atoms with Crippen molar-refractivity contribution in [3.63, 3.8) is 0 Å². The first-order valence-corrected chi connectivity index (χ1v) is 3.86. The van der Waals surface area contributed by atoms with Gasteiger partial charge in [-0.3, -0.25) is 9.20 Å². The van der Waals surface area contributed by atoms with Gasteiger partial charge in [0.05, 0.1) is 0 Å². The SMILES string of the molecule is Cc1cccc2cccc(=O)n12. The van der Waals surface area contributed by atoms with Gasteiger partial charge in [-0.05, 0) is 25.1 Å². The van der Waals surface area contributed by atoms with Gasteiger partial charge < -0.3 is 0 Å². The van der Waals surface area contributed by atoms with Crippen LogP contribution < -0.4 is 5.56 Å². The highest BCUT2D eigenvalue weighted by Gasteiger charge is 1.95. The molecule has 60 valence electrons. The van der Waals surface area contributed by atoms with Crippen molar-refractivity contribution in [1.29, 1.82) is 0 Å². The summed E-state index contributed by atoms with van der Waals surface area (Å²) in [6.07, 6.45) is 0. The Morgan fingerprint density at radius 1 is 1.08 bits per heavy atom. The van der Waals surface area contributed by atoms with Gasteiger partial charge in [-0.1, -0.05) is 12.1 Å². The number of rotatable bonds is 0. The molecule has 0 aliphatic carbocycles. The van der Waals surface area contributed by atoms with Crippen LogP contribution >= 0.6 is 0 Å². The topological polar surface area (TPSA) is 21.5 Å². The van der Waals surface area contributed by atoms with E-state index >= 15 is 0 Å². The smallest absolute Gasteiger partial charge is 0.255 e. The van der Waals surface area contributed by atoms with Gasteiger partial charge in [0.2, 0.25) is 0 Å². The number of hydrogen-bond donors (Lipinski definition) is 0. The number of hydrogen-bond acceptors (Lipinski definition) is 1. The molecule has 0 N–H and O–H groups in total. The van der Waals surface area contributed by atoms with E-state index in [9.17, 15) is 4.79 Å². The number of aryl methyl sites for hydroxylation is 1. The maximum atomic E-state index is 11.4. The Balaban J connectivity index is 3.07. The van der Waals surface area contributed by atoms with Gasteiger partial charge in [-0.25, -0.2) is 0 Å². The Hall–Kier alpha value is -1.57. The Morgan fingerprint density at radius 2 is 1.75 bits per heavy atom. The van der Waals surface area contributed by atoms with Crippen molar-refractivity contribution < 1.29 is 0 Å². The second kappa shape index (κ2) is 2.48. The molecular formula is C10H9NO. The molecule has 2 heteroatoms. The second-order valence-corrected chi connectivity index (χ2v) is 2.79. The summed E-state index contributed by atoms with van der Waals surface area (Å²) < 4.78 is 1.69. The fraction of sp³-hybridized carbons (Fsp3) is 0.100. The molecule has 2 nitrogen and oxygen atoms in total. The molecule has 0 aliphatic heterocycles. The van der Waals surface area contributed by atoms with Crippen LogP contribution in [0.1, 0.15) is 5.69 Å². The molecule has 0 amide bonds. The average molecular weight is 159 g/mol. The van der Waals surface area contributed by atoms with E-state index < -0.39 is 0 Å². The zero-order valence-corrected chi connectivity index (χ0v) is 6.82. The van der Waals surface area contributed by atoms with E-state index in [2.05, 4.69) is 0 Å². The standard InChI is InChI=1S/C10H9NO/c1-8-4-2-5-9-6-3-7-10(12)11(8)9/h2-7H,1H3. The summed E-state index contributed by atoms with van der Waals surface area (Å²) >= 11 is 0. The summed E-state index contributed by atoms with van der Waals surface area (Å²) in [5.74, 6) is 0. The van der Waals surface area contributed by atoms with Crippen LogP contribution in [0.15, 0.2) is 41.2 Å². The van der Waals surface area contributed by atoms with Crippen molar-refractivity contribution in [1.82, 2.24) is 4.40 Å². The fourth-order valence-electron chi connectivity index (χ4n) is 1.37. The summed E-state index contributed by atoms with van der Waals surface area (Å²) in [6, 6.07) is 11.1. The van der Waals surface area contributed by atoms with Crippen LogP contribution in [0.25, 0.3) is 5.52 Å². The van der Waals surface area contributed by atoms with Gasteiger partial charge >= 0.3 is 0 Å². The third-order valence-electron chi connectivity index (χ3n) is 1.94. The molecule has 2 aromatic heterocycles. The van der Waals surface area contributed by atoms with E-state index in [0.29, 0.717) is 0 Å². The summed E-state index contributed by atoms with van der Waals surface area (Å²) in [5.41, 5.74) is 1.95. The third-order valence-corrected chi connectivity index (χ3v) is 1.94. The molecule has 0 spiro atoms. The lowest BCUT2D eigenvalue weighted by Crippen LogP contribution is -2.13. The normalized spacial score (nSPS) is 10.4. The van der Waals surface area contributed by atoms with E-state index in [-0.39, 0.29) is 5.56 Å². The summed E-state index contributed by atoms with van der Waals surface area (Å²) in [6.45, 7) is 1.92. The predicted molar refractivity (Wildman–Crippen MR) is 48.4 cm³/mol.